The summed E-state index contributed by atoms with van der Waals surface area (Å²) >= 11 is 7.44. The van der Waals surface area contributed by atoms with Crippen molar-refractivity contribution in [3.05, 3.63) is 89.5 Å². The molecule has 3 aromatic rings. The van der Waals surface area contributed by atoms with Crippen molar-refractivity contribution in [2.24, 2.45) is 0 Å². The molecule has 1 aliphatic rings. The fourth-order valence-corrected chi connectivity index (χ4v) is 4.90. The molecule has 0 fully saturated rings. The van der Waals surface area contributed by atoms with Crippen molar-refractivity contribution in [3.63, 3.8) is 0 Å². The van der Waals surface area contributed by atoms with E-state index in [4.69, 9.17) is 17.0 Å². The summed E-state index contributed by atoms with van der Waals surface area (Å²) in [5.41, 5.74) is 4.97. The number of methoxy groups -OCH3 is 1. The number of aryl methyl sites for hydroxylation is 1. The van der Waals surface area contributed by atoms with Crippen LogP contribution in [-0.2, 0) is 12.2 Å². The Morgan fingerprint density at radius 2 is 1.87 bits per heavy atom. The molecule has 30 heavy (non-hydrogen) atoms. The van der Waals surface area contributed by atoms with Crippen molar-refractivity contribution in [3.8, 4) is 5.75 Å². The maximum atomic E-state index is 5.59. The third-order valence-corrected chi connectivity index (χ3v) is 6.63. The highest BCUT2D eigenvalue weighted by Crippen LogP contribution is 2.32. The van der Waals surface area contributed by atoms with Crippen LogP contribution in [0.4, 0.5) is 5.69 Å². The van der Waals surface area contributed by atoms with Gasteiger partial charge < -0.3 is 15.4 Å². The fraction of sp³-hybridized carbons (Fsp3) is 0.240. The lowest BCUT2D eigenvalue weighted by atomic mass is 9.87. The van der Waals surface area contributed by atoms with Gasteiger partial charge in [-0.1, -0.05) is 36.4 Å². The molecule has 0 saturated heterocycles. The number of fused-ring (bicyclic) bond motifs is 1. The number of benzene rings is 3. The van der Waals surface area contributed by atoms with E-state index in [2.05, 4.69) is 71.3 Å². The standard InChI is InChI=1S/C25H26N2OS2/c1-28-21-14-15-23-19(16-21)6-5-9-24(23)27-25(29)26-20-12-10-18(11-13-20)17-30-22-7-3-2-4-8-22/h2-4,7-8,10-16,24H,5-6,9,17H2,1H3,(H2,26,27,29). The first-order valence-corrected chi connectivity index (χ1v) is 11.6. The van der Waals surface area contributed by atoms with E-state index in [0.717, 1.165) is 36.5 Å². The van der Waals surface area contributed by atoms with Gasteiger partial charge in [0.1, 0.15) is 5.75 Å². The number of hydrogen-bond acceptors (Lipinski definition) is 3. The van der Waals surface area contributed by atoms with E-state index < -0.39 is 0 Å². The zero-order valence-corrected chi connectivity index (χ0v) is 18.7. The van der Waals surface area contributed by atoms with Crippen LogP contribution in [-0.4, -0.2) is 12.2 Å². The maximum Gasteiger partial charge on any atom is 0.171 e. The van der Waals surface area contributed by atoms with Gasteiger partial charge in [-0.15, -0.1) is 11.8 Å². The normalized spacial score (nSPS) is 15.2. The summed E-state index contributed by atoms with van der Waals surface area (Å²) in [5.74, 6) is 1.87. The average Bonchev–Trinajstić information content (AvgIpc) is 2.79. The van der Waals surface area contributed by atoms with Gasteiger partial charge in [0.25, 0.3) is 0 Å². The van der Waals surface area contributed by atoms with Gasteiger partial charge in [-0.05, 0) is 84.6 Å². The summed E-state index contributed by atoms with van der Waals surface area (Å²) in [4.78, 5) is 1.29. The van der Waals surface area contributed by atoms with Crippen molar-refractivity contribution in [2.45, 2.75) is 36.0 Å². The molecule has 1 unspecified atom stereocenters. The highest BCUT2D eigenvalue weighted by Gasteiger charge is 2.21. The minimum Gasteiger partial charge on any atom is -0.497 e. The Labute approximate surface area is 188 Å². The van der Waals surface area contributed by atoms with Crippen molar-refractivity contribution in [1.29, 1.82) is 0 Å². The maximum absolute atomic E-state index is 5.59. The van der Waals surface area contributed by atoms with Gasteiger partial charge in [-0.25, -0.2) is 0 Å². The van der Waals surface area contributed by atoms with E-state index in [1.807, 2.05) is 23.9 Å². The summed E-state index contributed by atoms with van der Waals surface area (Å²) in [7, 11) is 1.71. The molecule has 0 saturated carbocycles. The summed E-state index contributed by atoms with van der Waals surface area (Å²) in [6.45, 7) is 0. The number of thiocarbonyl (C=S) groups is 1. The molecular weight excluding hydrogens is 408 g/mol. The first-order chi connectivity index (χ1) is 14.7. The van der Waals surface area contributed by atoms with Crippen LogP contribution in [0.2, 0.25) is 0 Å². The summed E-state index contributed by atoms with van der Waals surface area (Å²) in [5, 5.41) is 7.49. The van der Waals surface area contributed by atoms with Gasteiger partial charge in [0.15, 0.2) is 5.11 Å². The minimum atomic E-state index is 0.237. The van der Waals surface area contributed by atoms with Crippen LogP contribution in [0.3, 0.4) is 0 Å². The van der Waals surface area contributed by atoms with Gasteiger partial charge in [-0.2, -0.15) is 0 Å². The van der Waals surface area contributed by atoms with Crippen LogP contribution >= 0.6 is 24.0 Å². The molecule has 1 atom stereocenters. The second-order valence-corrected chi connectivity index (χ2v) is 8.86. The first kappa shape index (κ1) is 20.8. The zero-order chi connectivity index (χ0) is 20.8. The van der Waals surface area contributed by atoms with Crippen molar-refractivity contribution >= 4 is 34.8 Å². The Bertz CT molecular complexity index is 990. The molecule has 154 valence electrons. The van der Waals surface area contributed by atoms with E-state index >= 15 is 0 Å². The topological polar surface area (TPSA) is 33.3 Å². The predicted molar refractivity (Wildman–Crippen MR) is 130 cm³/mol. The first-order valence-electron chi connectivity index (χ1n) is 10.2. The molecule has 2 N–H and O–H groups in total. The van der Waals surface area contributed by atoms with Gasteiger partial charge in [0, 0.05) is 16.3 Å². The number of rotatable bonds is 6. The number of hydrogen-bond donors (Lipinski definition) is 2. The number of nitrogens with one attached hydrogen (secondary N) is 2. The predicted octanol–water partition coefficient (Wildman–Crippen LogP) is 6.35. The quantitative estimate of drug-likeness (QED) is 0.349. The smallest absolute Gasteiger partial charge is 0.171 e. The highest BCUT2D eigenvalue weighted by molar-refractivity contribution is 7.98. The number of anilines is 1. The fourth-order valence-electron chi connectivity index (χ4n) is 3.76. The second kappa shape index (κ2) is 10.0. The monoisotopic (exact) mass is 434 g/mol. The van der Waals surface area contributed by atoms with Gasteiger partial charge in [0.2, 0.25) is 0 Å². The molecule has 3 aromatic carbocycles. The van der Waals surface area contributed by atoms with Crippen LogP contribution in [0, 0.1) is 0 Å². The summed E-state index contributed by atoms with van der Waals surface area (Å²) in [6.07, 6.45) is 3.32. The Hall–Kier alpha value is -2.50. The summed E-state index contributed by atoms with van der Waals surface area (Å²) in [6, 6.07) is 25.5. The van der Waals surface area contributed by atoms with Crippen LogP contribution in [0.5, 0.6) is 5.75 Å². The zero-order valence-electron chi connectivity index (χ0n) is 17.1. The molecule has 0 heterocycles. The molecule has 0 amide bonds. The SMILES string of the molecule is COc1ccc2c(c1)CCCC2NC(=S)Nc1ccc(CSc2ccccc2)cc1. The Kier molecular flexibility index (Phi) is 6.92. The molecule has 1 aliphatic carbocycles. The van der Waals surface area contributed by atoms with Gasteiger partial charge in [-0.3, -0.25) is 0 Å². The molecule has 3 nitrogen and oxygen atoms in total. The highest BCUT2D eigenvalue weighted by atomic mass is 32.2. The lowest BCUT2D eigenvalue weighted by Crippen LogP contribution is -2.34. The third-order valence-electron chi connectivity index (χ3n) is 5.33. The second-order valence-electron chi connectivity index (χ2n) is 7.41. The van der Waals surface area contributed by atoms with Crippen molar-refractivity contribution in [2.75, 3.05) is 12.4 Å². The van der Waals surface area contributed by atoms with E-state index in [9.17, 15) is 0 Å². The molecule has 0 spiro atoms. The van der Waals surface area contributed by atoms with Gasteiger partial charge >= 0.3 is 0 Å². The Morgan fingerprint density at radius 1 is 1.07 bits per heavy atom. The van der Waals surface area contributed by atoms with Gasteiger partial charge in [0.05, 0.1) is 13.2 Å². The van der Waals surface area contributed by atoms with Crippen LogP contribution in [0.15, 0.2) is 77.7 Å². The van der Waals surface area contributed by atoms with E-state index in [1.165, 1.54) is 21.6 Å². The molecule has 0 bridgehead atoms. The van der Waals surface area contributed by atoms with E-state index in [0.29, 0.717) is 5.11 Å². The third kappa shape index (κ3) is 5.35. The number of ether oxygens (including phenoxy) is 1. The Balaban J connectivity index is 1.32. The van der Waals surface area contributed by atoms with E-state index in [1.54, 1.807) is 7.11 Å². The molecule has 0 aliphatic heterocycles. The lowest BCUT2D eigenvalue weighted by Gasteiger charge is -2.28. The van der Waals surface area contributed by atoms with Crippen LogP contribution in [0.1, 0.15) is 35.6 Å². The van der Waals surface area contributed by atoms with Crippen LogP contribution in [0.25, 0.3) is 0 Å². The Morgan fingerprint density at radius 3 is 2.63 bits per heavy atom. The lowest BCUT2D eigenvalue weighted by molar-refractivity contribution is 0.412. The molecule has 0 aromatic heterocycles. The van der Waals surface area contributed by atoms with Crippen molar-refractivity contribution < 1.29 is 4.74 Å². The molecule has 0 radical (unpaired) electrons. The van der Waals surface area contributed by atoms with Crippen LogP contribution < -0.4 is 15.4 Å². The largest absolute Gasteiger partial charge is 0.497 e. The average molecular weight is 435 g/mol. The summed E-state index contributed by atoms with van der Waals surface area (Å²) < 4.78 is 5.37. The molecular formula is C25H26N2OS2. The molecule has 4 rings (SSSR count). The van der Waals surface area contributed by atoms with E-state index in [-0.39, 0.29) is 6.04 Å². The number of thioether (sulfide) groups is 1. The van der Waals surface area contributed by atoms with Crippen molar-refractivity contribution in [1.82, 2.24) is 5.32 Å². The minimum absolute atomic E-state index is 0.237. The molecule has 5 heteroatoms.